The number of benzene rings is 1. The Morgan fingerprint density at radius 1 is 1.25 bits per heavy atom. The Morgan fingerprint density at radius 3 is 2.54 bits per heavy atom. The van der Waals surface area contributed by atoms with Crippen molar-refractivity contribution in [2.75, 3.05) is 18.4 Å². The quantitative estimate of drug-likeness (QED) is 0.834. The van der Waals surface area contributed by atoms with E-state index in [9.17, 15) is 9.59 Å². The fraction of sp³-hybridized carbons (Fsp3) is 0.389. The first-order chi connectivity index (χ1) is 11.5. The number of nitrogens with one attached hydrogen (secondary N) is 1. The number of carbonyl (C=O) groups excluding carboxylic acids is 2. The fourth-order valence-corrected chi connectivity index (χ4v) is 2.86. The Kier molecular flexibility index (Phi) is 6.49. The molecule has 1 aromatic carbocycles. The number of aryl methyl sites for hydroxylation is 1. The van der Waals surface area contributed by atoms with E-state index in [1.807, 2.05) is 25.1 Å². The largest absolute Gasteiger partial charge is 0.329 e. The second-order valence-corrected chi connectivity index (χ2v) is 7.33. The molecular formula is C18H23N3O2S. The fourth-order valence-electron chi connectivity index (χ4n) is 2.17. The number of anilines is 1. The highest BCUT2D eigenvalue weighted by molar-refractivity contribution is 7.15. The van der Waals surface area contributed by atoms with Crippen LogP contribution in [0.5, 0.6) is 0 Å². The summed E-state index contributed by atoms with van der Waals surface area (Å²) in [7, 11) is 0. The molecule has 0 unspecified atom stereocenters. The zero-order valence-electron chi connectivity index (χ0n) is 14.3. The Hall–Kier alpha value is -2.21. The van der Waals surface area contributed by atoms with Crippen LogP contribution in [-0.2, 0) is 4.79 Å². The number of hydrogen-bond acceptors (Lipinski definition) is 4. The Balaban J connectivity index is 2.04. The maximum atomic E-state index is 12.7. The Labute approximate surface area is 146 Å². The van der Waals surface area contributed by atoms with Crippen LogP contribution in [0.15, 0.2) is 36.5 Å². The second-order valence-electron chi connectivity index (χ2n) is 6.10. The van der Waals surface area contributed by atoms with Crippen molar-refractivity contribution in [2.24, 2.45) is 5.92 Å². The summed E-state index contributed by atoms with van der Waals surface area (Å²) in [6, 6.07) is 9.06. The number of amides is 2. The summed E-state index contributed by atoms with van der Waals surface area (Å²) in [6.07, 6.45) is 2.56. The molecule has 2 rings (SSSR count). The van der Waals surface area contributed by atoms with E-state index >= 15 is 0 Å². The molecule has 2 aromatic rings. The van der Waals surface area contributed by atoms with Gasteiger partial charge in [0.05, 0.1) is 0 Å². The van der Waals surface area contributed by atoms with Crippen LogP contribution >= 0.6 is 11.3 Å². The van der Waals surface area contributed by atoms with Gasteiger partial charge in [-0.3, -0.25) is 9.59 Å². The summed E-state index contributed by atoms with van der Waals surface area (Å²) in [5.41, 5.74) is 0.596. The zero-order chi connectivity index (χ0) is 17.5. The van der Waals surface area contributed by atoms with Crippen molar-refractivity contribution in [3.63, 3.8) is 0 Å². The van der Waals surface area contributed by atoms with E-state index in [-0.39, 0.29) is 18.4 Å². The highest BCUT2D eigenvalue weighted by Gasteiger charge is 2.19. The summed E-state index contributed by atoms with van der Waals surface area (Å²) in [6.45, 7) is 6.71. The van der Waals surface area contributed by atoms with Crippen molar-refractivity contribution >= 4 is 28.3 Å². The smallest absolute Gasteiger partial charge is 0.254 e. The van der Waals surface area contributed by atoms with Gasteiger partial charge in [-0.15, -0.1) is 11.3 Å². The van der Waals surface area contributed by atoms with E-state index in [1.54, 1.807) is 23.2 Å². The van der Waals surface area contributed by atoms with E-state index in [2.05, 4.69) is 24.1 Å². The van der Waals surface area contributed by atoms with Gasteiger partial charge in [0, 0.05) is 23.2 Å². The Morgan fingerprint density at radius 2 is 1.96 bits per heavy atom. The number of carbonyl (C=O) groups is 2. The molecule has 0 fully saturated rings. The van der Waals surface area contributed by atoms with Crippen molar-refractivity contribution in [1.29, 1.82) is 0 Å². The topological polar surface area (TPSA) is 62.3 Å². The van der Waals surface area contributed by atoms with Gasteiger partial charge in [0.25, 0.3) is 5.91 Å². The maximum absolute atomic E-state index is 12.7. The lowest BCUT2D eigenvalue weighted by molar-refractivity contribution is -0.116. The molecule has 0 saturated carbocycles. The average molecular weight is 345 g/mol. The van der Waals surface area contributed by atoms with Gasteiger partial charge in [0.1, 0.15) is 6.54 Å². The van der Waals surface area contributed by atoms with Crippen molar-refractivity contribution in [2.45, 2.75) is 27.2 Å². The molecule has 5 nitrogen and oxygen atoms in total. The molecule has 0 saturated heterocycles. The van der Waals surface area contributed by atoms with E-state index in [4.69, 9.17) is 0 Å². The number of hydrogen-bond donors (Lipinski definition) is 1. The predicted octanol–water partition coefficient (Wildman–Crippen LogP) is 3.58. The second kappa shape index (κ2) is 8.59. The monoisotopic (exact) mass is 345 g/mol. The molecule has 0 aliphatic rings. The number of rotatable bonds is 7. The van der Waals surface area contributed by atoms with Crippen LogP contribution in [0.1, 0.15) is 35.5 Å². The minimum Gasteiger partial charge on any atom is -0.329 e. The predicted molar refractivity (Wildman–Crippen MR) is 97.3 cm³/mol. The van der Waals surface area contributed by atoms with E-state index in [1.165, 1.54) is 11.3 Å². The van der Waals surface area contributed by atoms with Gasteiger partial charge in [-0.05, 0) is 31.4 Å². The Bertz CT molecular complexity index is 683. The minimum atomic E-state index is -0.225. The molecule has 6 heteroatoms. The molecule has 1 N–H and O–H groups in total. The number of thiazole rings is 1. The van der Waals surface area contributed by atoms with E-state index < -0.39 is 0 Å². The normalized spacial score (nSPS) is 10.7. The lowest BCUT2D eigenvalue weighted by Crippen LogP contribution is -2.39. The summed E-state index contributed by atoms with van der Waals surface area (Å²) in [5.74, 6) is 0.111. The SMILES string of the molecule is Cc1cnc(NC(=O)CN(CCC(C)C)C(=O)c2ccccc2)s1. The van der Waals surface area contributed by atoms with E-state index in [0.29, 0.717) is 23.2 Å². The van der Waals surface area contributed by atoms with Gasteiger partial charge in [0.15, 0.2) is 5.13 Å². The van der Waals surface area contributed by atoms with Gasteiger partial charge < -0.3 is 10.2 Å². The first-order valence-corrected chi connectivity index (χ1v) is 8.84. The van der Waals surface area contributed by atoms with Crippen LogP contribution < -0.4 is 5.32 Å². The molecule has 0 atom stereocenters. The van der Waals surface area contributed by atoms with E-state index in [0.717, 1.165) is 11.3 Å². The van der Waals surface area contributed by atoms with Crippen molar-refractivity contribution < 1.29 is 9.59 Å². The maximum Gasteiger partial charge on any atom is 0.254 e. The molecular weight excluding hydrogens is 322 g/mol. The molecule has 0 bridgehead atoms. The van der Waals surface area contributed by atoms with Crippen molar-refractivity contribution in [3.05, 3.63) is 47.0 Å². The summed E-state index contributed by atoms with van der Waals surface area (Å²) >= 11 is 1.42. The summed E-state index contributed by atoms with van der Waals surface area (Å²) < 4.78 is 0. The van der Waals surface area contributed by atoms with Crippen LogP contribution in [0.4, 0.5) is 5.13 Å². The first kappa shape index (κ1) is 18.1. The minimum absolute atomic E-state index is 0.0269. The highest BCUT2D eigenvalue weighted by atomic mass is 32.1. The lowest BCUT2D eigenvalue weighted by Gasteiger charge is -2.23. The van der Waals surface area contributed by atoms with Crippen LogP contribution in [0.3, 0.4) is 0 Å². The molecule has 2 amide bonds. The summed E-state index contributed by atoms with van der Waals surface area (Å²) in [4.78, 5) is 31.7. The lowest BCUT2D eigenvalue weighted by atomic mass is 10.1. The third kappa shape index (κ3) is 5.45. The number of nitrogens with zero attached hydrogens (tertiary/aromatic N) is 2. The zero-order valence-corrected chi connectivity index (χ0v) is 15.1. The molecule has 1 heterocycles. The number of aromatic nitrogens is 1. The van der Waals surface area contributed by atoms with Gasteiger partial charge in [-0.25, -0.2) is 4.98 Å². The van der Waals surface area contributed by atoms with Crippen LogP contribution in [0.2, 0.25) is 0 Å². The van der Waals surface area contributed by atoms with Crippen molar-refractivity contribution in [3.8, 4) is 0 Å². The average Bonchev–Trinajstić information content (AvgIpc) is 2.96. The van der Waals surface area contributed by atoms with Gasteiger partial charge in [-0.1, -0.05) is 32.0 Å². The van der Waals surface area contributed by atoms with Crippen LogP contribution in [-0.4, -0.2) is 34.8 Å². The molecule has 24 heavy (non-hydrogen) atoms. The molecule has 0 spiro atoms. The molecule has 1 aromatic heterocycles. The summed E-state index contributed by atoms with van der Waals surface area (Å²) in [5, 5.41) is 3.33. The molecule has 0 aliphatic carbocycles. The third-order valence-electron chi connectivity index (χ3n) is 3.49. The first-order valence-electron chi connectivity index (χ1n) is 8.02. The molecule has 128 valence electrons. The standard InChI is InChI=1S/C18H23N3O2S/c1-13(2)9-10-21(17(23)15-7-5-4-6-8-15)12-16(22)20-18-19-11-14(3)24-18/h4-8,11,13H,9-10,12H2,1-3H3,(H,19,20,22). The highest BCUT2D eigenvalue weighted by Crippen LogP contribution is 2.16. The molecule has 0 aliphatic heterocycles. The van der Waals surface area contributed by atoms with Gasteiger partial charge >= 0.3 is 0 Å². The van der Waals surface area contributed by atoms with Gasteiger partial charge in [0.2, 0.25) is 5.91 Å². The van der Waals surface area contributed by atoms with Crippen LogP contribution in [0.25, 0.3) is 0 Å². The van der Waals surface area contributed by atoms with Gasteiger partial charge in [-0.2, -0.15) is 0 Å². The molecule has 0 radical (unpaired) electrons. The third-order valence-corrected chi connectivity index (χ3v) is 4.31. The van der Waals surface area contributed by atoms with Crippen LogP contribution in [0, 0.1) is 12.8 Å². The van der Waals surface area contributed by atoms with Crippen molar-refractivity contribution in [1.82, 2.24) is 9.88 Å².